The highest BCUT2D eigenvalue weighted by atomic mass is 19.1. The number of nitro groups is 1. The van der Waals surface area contributed by atoms with Crippen LogP contribution in [0.1, 0.15) is 5.56 Å². The molecule has 2 aliphatic rings. The molecule has 1 N–H and O–H groups in total. The molecule has 0 aromatic heterocycles. The van der Waals surface area contributed by atoms with Gasteiger partial charge in [0.2, 0.25) is 0 Å². The van der Waals surface area contributed by atoms with Gasteiger partial charge in [-0.15, -0.1) is 0 Å². The first kappa shape index (κ1) is 12.3. The summed E-state index contributed by atoms with van der Waals surface area (Å²) in [7, 11) is 0. The van der Waals surface area contributed by atoms with E-state index in [9.17, 15) is 14.5 Å². The molecule has 0 amide bonds. The summed E-state index contributed by atoms with van der Waals surface area (Å²) in [5, 5.41) is 14.4. The van der Waals surface area contributed by atoms with Crippen molar-refractivity contribution in [1.29, 1.82) is 0 Å². The predicted octanol–water partition coefficient (Wildman–Crippen LogP) is 1.70. The lowest BCUT2D eigenvalue weighted by Crippen LogP contribution is -2.26. The summed E-state index contributed by atoms with van der Waals surface area (Å²) >= 11 is 0. The zero-order chi connectivity index (χ0) is 13.6. The Morgan fingerprint density at radius 2 is 2.00 bits per heavy atom. The minimum Gasteiger partial charge on any atom is -0.365 e. The molecule has 0 unspecified atom stereocenters. The van der Waals surface area contributed by atoms with Gasteiger partial charge in [0.25, 0.3) is 5.69 Å². The van der Waals surface area contributed by atoms with Crippen LogP contribution in [0.25, 0.3) is 0 Å². The van der Waals surface area contributed by atoms with E-state index >= 15 is 0 Å². The number of nitrogens with one attached hydrogen (secondary N) is 1. The van der Waals surface area contributed by atoms with Gasteiger partial charge < -0.3 is 10.2 Å². The fourth-order valence-corrected chi connectivity index (χ4v) is 3.11. The molecular weight excluding hydrogens is 249 g/mol. The minimum absolute atomic E-state index is 0.129. The van der Waals surface area contributed by atoms with Crippen LogP contribution in [-0.4, -0.2) is 31.1 Å². The van der Waals surface area contributed by atoms with E-state index in [1.807, 2.05) is 4.90 Å². The van der Waals surface area contributed by atoms with E-state index in [0.29, 0.717) is 23.1 Å². The monoisotopic (exact) mass is 265 g/mol. The van der Waals surface area contributed by atoms with Crippen molar-refractivity contribution in [2.45, 2.75) is 6.92 Å². The van der Waals surface area contributed by atoms with Gasteiger partial charge in [0.05, 0.1) is 11.0 Å². The molecule has 0 spiro atoms. The zero-order valence-electron chi connectivity index (χ0n) is 10.7. The molecule has 6 heteroatoms. The van der Waals surface area contributed by atoms with E-state index in [4.69, 9.17) is 0 Å². The van der Waals surface area contributed by atoms with Crippen molar-refractivity contribution in [2.24, 2.45) is 11.8 Å². The van der Waals surface area contributed by atoms with Crippen LogP contribution >= 0.6 is 0 Å². The number of fused-ring (bicyclic) bond motifs is 1. The van der Waals surface area contributed by atoms with Gasteiger partial charge in [-0.25, -0.2) is 4.39 Å². The summed E-state index contributed by atoms with van der Waals surface area (Å²) in [5.41, 5.74) is 0.880. The van der Waals surface area contributed by atoms with Crippen LogP contribution in [0.3, 0.4) is 0 Å². The van der Waals surface area contributed by atoms with E-state index in [0.717, 1.165) is 32.2 Å². The maximum absolute atomic E-state index is 13.5. The van der Waals surface area contributed by atoms with E-state index in [1.165, 1.54) is 0 Å². The number of hydrogen-bond acceptors (Lipinski definition) is 4. The highest BCUT2D eigenvalue weighted by Crippen LogP contribution is 2.36. The Balaban J connectivity index is 1.96. The first-order valence-electron chi connectivity index (χ1n) is 6.46. The third-order valence-corrected chi connectivity index (χ3v) is 4.18. The number of nitrogens with zero attached hydrogens (tertiary/aromatic N) is 2. The number of benzene rings is 1. The largest absolute Gasteiger partial charge is 0.365 e. The lowest BCUT2D eigenvalue weighted by molar-refractivity contribution is -0.384. The van der Waals surface area contributed by atoms with Gasteiger partial charge in [0.1, 0.15) is 11.5 Å². The lowest BCUT2D eigenvalue weighted by atomic mass is 10.0. The first-order chi connectivity index (χ1) is 9.06. The van der Waals surface area contributed by atoms with Crippen molar-refractivity contribution >= 4 is 11.4 Å². The summed E-state index contributed by atoms with van der Waals surface area (Å²) < 4.78 is 13.5. The Labute approximate surface area is 110 Å². The van der Waals surface area contributed by atoms with Crippen molar-refractivity contribution < 1.29 is 9.31 Å². The summed E-state index contributed by atoms with van der Waals surface area (Å²) in [4.78, 5) is 12.6. The van der Waals surface area contributed by atoms with Crippen LogP contribution in [0.4, 0.5) is 15.8 Å². The second kappa shape index (κ2) is 4.45. The molecule has 1 aromatic carbocycles. The molecule has 0 saturated carbocycles. The molecule has 0 radical (unpaired) electrons. The number of aryl methyl sites for hydroxylation is 1. The normalized spacial score (nSPS) is 25.7. The molecular formula is C13H16FN3O2. The topological polar surface area (TPSA) is 58.4 Å². The van der Waals surface area contributed by atoms with Crippen LogP contribution in [0, 0.1) is 34.7 Å². The molecule has 2 heterocycles. The van der Waals surface area contributed by atoms with E-state index in [2.05, 4.69) is 5.32 Å². The van der Waals surface area contributed by atoms with Crippen LogP contribution in [-0.2, 0) is 0 Å². The van der Waals surface area contributed by atoms with Crippen LogP contribution in [0.2, 0.25) is 0 Å². The van der Waals surface area contributed by atoms with E-state index in [-0.39, 0.29) is 5.69 Å². The van der Waals surface area contributed by atoms with Crippen LogP contribution < -0.4 is 10.2 Å². The second-order valence-corrected chi connectivity index (χ2v) is 5.43. The standard InChI is InChI=1S/C13H16FN3O2/c1-8-2-12(13(17(18)19)3-11(8)14)16-6-9-4-15-5-10(9)7-16/h2-3,9-10,15H,4-7H2,1H3/t9-,10+. The molecule has 19 heavy (non-hydrogen) atoms. The molecule has 1 aromatic rings. The summed E-state index contributed by atoms with van der Waals surface area (Å²) in [6.07, 6.45) is 0. The van der Waals surface area contributed by atoms with Gasteiger partial charge in [-0.2, -0.15) is 0 Å². The van der Waals surface area contributed by atoms with Gasteiger partial charge in [-0.05, 0) is 30.4 Å². The zero-order valence-corrected chi connectivity index (χ0v) is 10.7. The van der Waals surface area contributed by atoms with Crippen molar-refractivity contribution in [3.63, 3.8) is 0 Å². The molecule has 0 aliphatic carbocycles. The number of nitro benzene ring substituents is 1. The van der Waals surface area contributed by atoms with Gasteiger partial charge in [-0.1, -0.05) is 0 Å². The fourth-order valence-electron chi connectivity index (χ4n) is 3.11. The Morgan fingerprint density at radius 3 is 2.58 bits per heavy atom. The smallest absolute Gasteiger partial charge is 0.295 e. The maximum Gasteiger partial charge on any atom is 0.295 e. The first-order valence-corrected chi connectivity index (χ1v) is 6.46. The number of anilines is 1. The third-order valence-electron chi connectivity index (χ3n) is 4.18. The van der Waals surface area contributed by atoms with Gasteiger partial charge in [0.15, 0.2) is 0 Å². The Hall–Kier alpha value is -1.69. The second-order valence-electron chi connectivity index (χ2n) is 5.43. The van der Waals surface area contributed by atoms with Crippen molar-refractivity contribution in [3.8, 4) is 0 Å². The third kappa shape index (κ3) is 2.06. The average molecular weight is 265 g/mol. The van der Waals surface area contributed by atoms with Gasteiger partial charge in [-0.3, -0.25) is 10.1 Å². The number of rotatable bonds is 2. The molecule has 2 atom stereocenters. The Morgan fingerprint density at radius 1 is 1.37 bits per heavy atom. The summed E-state index contributed by atoms with van der Waals surface area (Å²) in [6, 6.07) is 2.64. The van der Waals surface area contributed by atoms with Gasteiger partial charge >= 0.3 is 0 Å². The van der Waals surface area contributed by atoms with Crippen molar-refractivity contribution in [3.05, 3.63) is 33.6 Å². The molecule has 2 aliphatic heterocycles. The molecule has 102 valence electrons. The Kier molecular flexibility index (Phi) is 2.89. The average Bonchev–Trinajstić information content (AvgIpc) is 2.92. The quantitative estimate of drug-likeness (QED) is 0.653. The van der Waals surface area contributed by atoms with E-state index in [1.54, 1.807) is 13.0 Å². The summed E-state index contributed by atoms with van der Waals surface area (Å²) in [5.74, 6) is 0.575. The number of halogens is 1. The van der Waals surface area contributed by atoms with Gasteiger partial charge in [0, 0.05) is 26.2 Å². The fraction of sp³-hybridized carbons (Fsp3) is 0.538. The molecule has 3 rings (SSSR count). The summed E-state index contributed by atoms with van der Waals surface area (Å²) in [6.45, 7) is 5.19. The van der Waals surface area contributed by atoms with Crippen molar-refractivity contribution in [2.75, 3.05) is 31.1 Å². The lowest BCUT2D eigenvalue weighted by Gasteiger charge is -2.20. The molecule has 2 fully saturated rings. The Bertz CT molecular complexity index is 523. The van der Waals surface area contributed by atoms with Crippen LogP contribution in [0.15, 0.2) is 12.1 Å². The van der Waals surface area contributed by atoms with E-state index < -0.39 is 10.7 Å². The van der Waals surface area contributed by atoms with Crippen LogP contribution in [0.5, 0.6) is 0 Å². The SMILES string of the molecule is Cc1cc(N2C[C@H]3CNC[C@H]3C2)c([N+](=O)[O-])cc1F. The minimum atomic E-state index is -0.517. The number of hydrogen-bond donors (Lipinski definition) is 1. The highest BCUT2D eigenvalue weighted by Gasteiger charge is 2.38. The molecule has 0 bridgehead atoms. The predicted molar refractivity (Wildman–Crippen MR) is 69.9 cm³/mol. The highest BCUT2D eigenvalue weighted by molar-refractivity contribution is 5.65. The van der Waals surface area contributed by atoms with Crippen molar-refractivity contribution in [1.82, 2.24) is 5.32 Å². The maximum atomic E-state index is 13.5. The molecule has 5 nitrogen and oxygen atoms in total. The molecule has 2 saturated heterocycles.